The first-order valence-corrected chi connectivity index (χ1v) is 10.4. The number of thiophene rings is 1. The van der Waals surface area contributed by atoms with Crippen LogP contribution >= 0.6 is 11.3 Å². The number of benzene rings is 2. The first kappa shape index (κ1) is 21.1. The van der Waals surface area contributed by atoms with Crippen LogP contribution in [0.4, 0.5) is 5.88 Å². The fraction of sp³-hybridized carbons (Fsp3) is 0.0870. The van der Waals surface area contributed by atoms with Gasteiger partial charge in [-0.05, 0) is 29.6 Å². The van der Waals surface area contributed by atoms with Crippen molar-refractivity contribution in [1.82, 2.24) is 5.16 Å². The lowest BCUT2D eigenvalue weighted by molar-refractivity contribution is 0.0997. The molecule has 0 unspecified atom stereocenters. The van der Waals surface area contributed by atoms with Crippen molar-refractivity contribution in [2.75, 3.05) is 19.5 Å². The van der Waals surface area contributed by atoms with Gasteiger partial charge in [0.25, 0.3) is 5.91 Å². The molecule has 4 aromatic rings. The van der Waals surface area contributed by atoms with Gasteiger partial charge < -0.3 is 19.7 Å². The molecule has 32 heavy (non-hydrogen) atoms. The Morgan fingerprint density at radius 3 is 2.56 bits per heavy atom. The van der Waals surface area contributed by atoms with E-state index in [-0.39, 0.29) is 17.0 Å². The predicted octanol–water partition coefficient (Wildman–Crippen LogP) is 4.44. The van der Waals surface area contributed by atoms with Crippen molar-refractivity contribution in [2.45, 2.75) is 0 Å². The average Bonchev–Trinajstić information content (AvgIpc) is 3.48. The van der Waals surface area contributed by atoms with E-state index >= 15 is 0 Å². The lowest BCUT2D eigenvalue weighted by Crippen LogP contribution is -2.15. The minimum absolute atomic E-state index is 0.0859. The van der Waals surface area contributed by atoms with E-state index in [4.69, 9.17) is 19.7 Å². The largest absolute Gasteiger partial charge is 0.497 e. The molecule has 9 heteroatoms. The van der Waals surface area contributed by atoms with E-state index in [2.05, 4.69) is 10.5 Å². The summed E-state index contributed by atoms with van der Waals surface area (Å²) < 4.78 is 16.0. The number of hydrogen-bond donors (Lipinski definition) is 2. The second-order valence-corrected chi connectivity index (χ2v) is 7.46. The minimum Gasteiger partial charge on any atom is -0.497 e. The third kappa shape index (κ3) is 3.93. The highest BCUT2D eigenvalue weighted by Gasteiger charge is 2.25. The molecule has 2 heterocycles. The maximum Gasteiger partial charge on any atom is 0.261 e. The maximum atomic E-state index is 13.1. The number of nitrogens with one attached hydrogen (secondary N) is 1. The molecule has 0 aliphatic rings. The van der Waals surface area contributed by atoms with Crippen LogP contribution in [0.2, 0.25) is 0 Å². The number of anilines is 1. The molecular formula is C23H19N3O5S. The molecule has 0 atom stereocenters. The van der Waals surface area contributed by atoms with E-state index in [0.717, 1.165) is 5.56 Å². The van der Waals surface area contributed by atoms with Gasteiger partial charge in [-0.15, -0.1) is 0 Å². The number of primary amides is 1. The zero-order valence-corrected chi connectivity index (χ0v) is 18.1. The molecule has 0 bridgehead atoms. The van der Waals surface area contributed by atoms with E-state index in [1.54, 1.807) is 42.5 Å². The third-order valence-corrected chi connectivity index (χ3v) is 5.51. The smallest absolute Gasteiger partial charge is 0.261 e. The van der Waals surface area contributed by atoms with Gasteiger partial charge in [0.2, 0.25) is 11.8 Å². The third-order valence-electron chi connectivity index (χ3n) is 4.83. The van der Waals surface area contributed by atoms with Gasteiger partial charge in [-0.1, -0.05) is 23.4 Å². The highest BCUT2D eigenvalue weighted by atomic mass is 32.1. The Morgan fingerprint density at radius 2 is 1.88 bits per heavy atom. The van der Waals surface area contributed by atoms with E-state index in [0.29, 0.717) is 28.3 Å². The van der Waals surface area contributed by atoms with Gasteiger partial charge in [0.1, 0.15) is 17.2 Å². The Hall–Kier alpha value is -4.11. The molecule has 0 saturated carbocycles. The zero-order chi connectivity index (χ0) is 22.7. The number of carbonyl (C=O) groups excluding carboxylic acids is 2. The number of hydrogen-bond acceptors (Lipinski definition) is 7. The van der Waals surface area contributed by atoms with E-state index in [9.17, 15) is 9.59 Å². The van der Waals surface area contributed by atoms with Gasteiger partial charge in [-0.3, -0.25) is 14.9 Å². The van der Waals surface area contributed by atoms with Gasteiger partial charge in [-0.2, -0.15) is 11.3 Å². The summed E-state index contributed by atoms with van der Waals surface area (Å²) in [5.41, 5.74) is 8.38. The van der Waals surface area contributed by atoms with Gasteiger partial charge in [0, 0.05) is 28.1 Å². The molecule has 0 saturated heterocycles. The van der Waals surface area contributed by atoms with Crippen LogP contribution in [0.1, 0.15) is 20.7 Å². The van der Waals surface area contributed by atoms with Crippen LogP contribution in [0.3, 0.4) is 0 Å². The summed E-state index contributed by atoms with van der Waals surface area (Å²) in [4.78, 5) is 25.2. The Kier molecular flexibility index (Phi) is 5.91. The van der Waals surface area contributed by atoms with Gasteiger partial charge >= 0.3 is 0 Å². The van der Waals surface area contributed by atoms with Crippen molar-refractivity contribution in [3.05, 3.63) is 70.4 Å². The Balaban J connectivity index is 1.81. The van der Waals surface area contributed by atoms with E-state index < -0.39 is 11.8 Å². The number of rotatable bonds is 7. The molecular weight excluding hydrogens is 430 g/mol. The standard InChI is InChI=1S/C23H19N3O5S/c1-29-14-7-8-17(18(11-14)30-2)22(28)25-23-19(15-5-3-4-6-16(15)21(24)27)20(26-31-23)13-9-10-32-12-13/h3-12H,1-2H3,(H2,24,27)(H,25,28). The summed E-state index contributed by atoms with van der Waals surface area (Å²) in [7, 11) is 2.99. The molecule has 0 fully saturated rings. The van der Waals surface area contributed by atoms with Crippen molar-refractivity contribution in [3.63, 3.8) is 0 Å². The molecule has 0 spiro atoms. The van der Waals surface area contributed by atoms with Crippen LogP contribution in [0, 0.1) is 0 Å². The first-order chi connectivity index (χ1) is 15.5. The van der Waals surface area contributed by atoms with Crippen molar-refractivity contribution >= 4 is 29.0 Å². The second kappa shape index (κ2) is 8.94. The number of aromatic nitrogens is 1. The lowest BCUT2D eigenvalue weighted by atomic mass is 9.97. The van der Waals surface area contributed by atoms with Crippen LogP contribution in [0.25, 0.3) is 22.4 Å². The molecule has 4 rings (SSSR count). The maximum absolute atomic E-state index is 13.1. The number of nitrogens with two attached hydrogens (primary N) is 1. The Morgan fingerprint density at radius 1 is 1.06 bits per heavy atom. The molecule has 0 radical (unpaired) electrons. The van der Waals surface area contributed by atoms with Crippen LogP contribution < -0.4 is 20.5 Å². The molecule has 0 aliphatic heterocycles. The van der Waals surface area contributed by atoms with Crippen LogP contribution in [0.5, 0.6) is 11.5 Å². The number of nitrogens with zero attached hydrogens (tertiary/aromatic N) is 1. The molecule has 3 N–H and O–H groups in total. The van der Waals surface area contributed by atoms with Crippen molar-refractivity contribution < 1.29 is 23.6 Å². The molecule has 0 aliphatic carbocycles. The lowest BCUT2D eigenvalue weighted by Gasteiger charge is -2.11. The SMILES string of the molecule is COc1ccc(C(=O)Nc2onc(-c3ccsc3)c2-c2ccccc2C(N)=O)c(OC)c1. The summed E-state index contributed by atoms with van der Waals surface area (Å²) in [5.74, 6) is -0.113. The fourth-order valence-corrected chi connectivity index (χ4v) is 3.93. The molecule has 8 nitrogen and oxygen atoms in total. The Bertz CT molecular complexity index is 1280. The van der Waals surface area contributed by atoms with E-state index in [1.165, 1.54) is 25.6 Å². The predicted molar refractivity (Wildman–Crippen MR) is 121 cm³/mol. The summed E-state index contributed by atoms with van der Waals surface area (Å²) in [6.07, 6.45) is 0. The monoisotopic (exact) mass is 449 g/mol. The Labute approximate surface area is 187 Å². The van der Waals surface area contributed by atoms with Crippen LogP contribution in [-0.2, 0) is 0 Å². The fourth-order valence-electron chi connectivity index (χ4n) is 3.29. The molecule has 2 aromatic heterocycles. The average molecular weight is 449 g/mol. The topological polar surface area (TPSA) is 117 Å². The summed E-state index contributed by atoms with van der Waals surface area (Å²) in [5, 5.41) is 10.7. The molecule has 2 amide bonds. The second-order valence-electron chi connectivity index (χ2n) is 6.68. The highest BCUT2D eigenvalue weighted by Crippen LogP contribution is 2.40. The summed E-state index contributed by atoms with van der Waals surface area (Å²) in [6, 6.07) is 13.5. The first-order valence-electron chi connectivity index (χ1n) is 9.48. The zero-order valence-electron chi connectivity index (χ0n) is 17.2. The summed E-state index contributed by atoms with van der Waals surface area (Å²) in [6.45, 7) is 0. The molecule has 2 aromatic carbocycles. The molecule has 162 valence electrons. The number of methoxy groups -OCH3 is 2. The van der Waals surface area contributed by atoms with Crippen molar-refractivity contribution in [3.8, 4) is 33.9 Å². The van der Waals surface area contributed by atoms with Gasteiger partial charge in [0.05, 0.1) is 25.3 Å². The quantitative estimate of drug-likeness (QED) is 0.431. The normalized spacial score (nSPS) is 10.6. The van der Waals surface area contributed by atoms with Crippen molar-refractivity contribution in [1.29, 1.82) is 0 Å². The van der Waals surface area contributed by atoms with Crippen molar-refractivity contribution in [2.24, 2.45) is 5.73 Å². The number of ether oxygens (including phenoxy) is 2. The van der Waals surface area contributed by atoms with Gasteiger partial charge in [-0.25, -0.2) is 0 Å². The van der Waals surface area contributed by atoms with Crippen LogP contribution in [0.15, 0.2) is 63.8 Å². The van der Waals surface area contributed by atoms with E-state index in [1.807, 2.05) is 16.8 Å². The highest BCUT2D eigenvalue weighted by molar-refractivity contribution is 7.08. The number of amides is 2. The number of carbonyl (C=O) groups is 2. The van der Waals surface area contributed by atoms with Crippen LogP contribution in [-0.4, -0.2) is 31.2 Å². The summed E-state index contributed by atoms with van der Waals surface area (Å²) >= 11 is 1.49. The van der Waals surface area contributed by atoms with Gasteiger partial charge in [0.15, 0.2) is 0 Å². The minimum atomic E-state index is -0.604.